The highest BCUT2D eigenvalue weighted by atomic mass is 35.5. The molecule has 0 aromatic heterocycles. The van der Waals surface area contributed by atoms with Gasteiger partial charge in [-0.05, 0) is 31.9 Å². The highest BCUT2D eigenvalue weighted by Gasteiger charge is 2.47. The lowest BCUT2D eigenvalue weighted by molar-refractivity contribution is -0.117. The summed E-state index contributed by atoms with van der Waals surface area (Å²) in [5, 5.41) is 3.16. The summed E-state index contributed by atoms with van der Waals surface area (Å²) in [6.07, 6.45) is 8.34. The van der Waals surface area contributed by atoms with Gasteiger partial charge in [-0.25, -0.2) is 0 Å². The maximum Gasteiger partial charge on any atom is 0.269 e. The summed E-state index contributed by atoms with van der Waals surface area (Å²) in [5.74, 6) is 0.362. The first-order valence-corrected chi connectivity index (χ1v) is 6.96. The SMILES string of the molecule is CN1/C(=C\C=C(\Cl)C=O)C(=O)NC1(C)C1CCCC1. The number of carbonyl (C=O) groups excluding carboxylic acids is 2. The van der Waals surface area contributed by atoms with Crippen LogP contribution >= 0.6 is 11.6 Å². The number of nitrogens with zero attached hydrogens (tertiary/aromatic N) is 1. The van der Waals surface area contributed by atoms with Crippen molar-refractivity contribution in [1.29, 1.82) is 0 Å². The first-order valence-electron chi connectivity index (χ1n) is 6.58. The van der Waals surface area contributed by atoms with Crippen LogP contribution < -0.4 is 5.32 Å². The number of aldehydes is 1. The molecule has 0 radical (unpaired) electrons. The van der Waals surface area contributed by atoms with Gasteiger partial charge in [0.25, 0.3) is 5.91 Å². The second-order valence-corrected chi connectivity index (χ2v) is 5.80. The zero-order chi connectivity index (χ0) is 14.0. The monoisotopic (exact) mass is 282 g/mol. The summed E-state index contributed by atoms with van der Waals surface area (Å²) in [6.45, 7) is 2.06. The number of likely N-dealkylation sites (N-methyl/N-ethyl adjacent to an activating group) is 1. The van der Waals surface area contributed by atoms with E-state index in [0.29, 0.717) is 17.9 Å². The van der Waals surface area contributed by atoms with Gasteiger partial charge >= 0.3 is 0 Å². The van der Waals surface area contributed by atoms with Crippen LogP contribution in [0.1, 0.15) is 32.6 Å². The van der Waals surface area contributed by atoms with Gasteiger partial charge in [0, 0.05) is 13.0 Å². The number of hydrogen-bond donors (Lipinski definition) is 1. The average Bonchev–Trinajstić information content (AvgIpc) is 2.98. The summed E-state index contributed by atoms with van der Waals surface area (Å²) in [7, 11) is 1.91. The molecule has 1 heterocycles. The van der Waals surface area contributed by atoms with E-state index in [1.807, 2.05) is 11.9 Å². The third kappa shape index (κ3) is 2.54. The molecule has 1 aliphatic carbocycles. The predicted molar refractivity (Wildman–Crippen MR) is 74.4 cm³/mol. The second kappa shape index (κ2) is 5.37. The van der Waals surface area contributed by atoms with Gasteiger partial charge in [0.15, 0.2) is 6.29 Å². The van der Waals surface area contributed by atoms with Gasteiger partial charge in [0.2, 0.25) is 0 Å². The zero-order valence-corrected chi connectivity index (χ0v) is 12.0. The van der Waals surface area contributed by atoms with Gasteiger partial charge in [0.1, 0.15) is 11.4 Å². The molecular formula is C14H19ClN2O2. The molecule has 1 saturated heterocycles. The number of rotatable bonds is 3. The van der Waals surface area contributed by atoms with Gasteiger partial charge < -0.3 is 10.2 Å². The van der Waals surface area contributed by atoms with Crippen LogP contribution in [0.3, 0.4) is 0 Å². The predicted octanol–water partition coefficient (Wildman–Crippen LogP) is 2.16. The standard InChI is InChI=1S/C14H19ClN2O2/c1-14(10-5-3-4-6-10)16-13(19)12(17(14)2)8-7-11(15)9-18/h7-10H,3-6H2,1-2H3,(H,16,19)/b11-7+,12-8-. The fourth-order valence-electron chi connectivity index (χ4n) is 3.03. The molecule has 0 aromatic carbocycles. The summed E-state index contributed by atoms with van der Waals surface area (Å²) >= 11 is 5.64. The van der Waals surface area contributed by atoms with E-state index in [-0.39, 0.29) is 16.6 Å². The van der Waals surface area contributed by atoms with Crippen LogP contribution in [0.15, 0.2) is 22.9 Å². The Kier molecular flexibility index (Phi) is 3.99. The van der Waals surface area contributed by atoms with Crippen LogP contribution in [0.5, 0.6) is 0 Å². The van der Waals surface area contributed by atoms with Crippen LogP contribution in [0, 0.1) is 5.92 Å². The van der Waals surface area contributed by atoms with Crippen LogP contribution in [0.25, 0.3) is 0 Å². The van der Waals surface area contributed by atoms with E-state index >= 15 is 0 Å². The number of hydrogen-bond acceptors (Lipinski definition) is 3. The lowest BCUT2D eigenvalue weighted by Gasteiger charge is -2.38. The van der Waals surface area contributed by atoms with Crippen molar-refractivity contribution in [3.05, 3.63) is 22.9 Å². The average molecular weight is 283 g/mol. The van der Waals surface area contributed by atoms with E-state index < -0.39 is 0 Å². The molecule has 2 fully saturated rings. The summed E-state index contributed by atoms with van der Waals surface area (Å²) in [5.41, 5.74) is 0.218. The summed E-state index contributed by atoms with van der Waals surface area (Å²) < 4.78 is 0. The van der Waals surface area contributed by atoms with Crippen molar-refractivity contribution in [1.82, 2.24) is 10.2 Å². The third-order valence-corrected chi connectivity index (χ3v) is 4.54. The molecule has 1 unspecified atom stereocenters. The largest absolute Gasteiger partial charge is 0.347 e. The Bertz CT molecular complexity index is 452. The van der Waals surface area contributed by atoms with Crippen molar-refractivity contribution in [2.24, 2.45) is 5.92 Å². The fraction of sp³-hybridized carbons (Fsp3) is 0.571. The van der Waals surface area contributed by atoms with E-state index in [4.69, 9.17) is 11.6 Å². The minimum atomic E-state index is -0.332. The van der Waals surface area contributed by atoms with Crippen molar-refractivity contribution < 1.29 is 9.59 Å². The Morgan fingerprint density at radius 2 is 2.11 bits per heavy atom. The molecule has 0 bridgehead atoms. The topological polar surface area (TPSA) is 49.4 Å². The Balaban J connectivity index is 2.24. The van der Waals surface area contributed by atoms with Crippen molar-refractivity contribution in [3.63, 3.8) is 0 Å². The maximum absolute atomic E-state index is 12.1. The number of nitrogens with one attached hydrogen (secondary N) is 1. The van der Waals surface area contributed by atoms with Gasteiger partial charge in [-0.15, -0.1) is 0 Å². The van der Waals surface area contributed by atoms with Crippen molar-refractivity contribution in [2.45, 2.75) is 38.3 Å². The van der Waals surface area contributed by atoms with E-state index in [1.165, 1.54) is 18.9 Å². The minimum Gasteiger partial charge on any atom is -0.347 e. The van der Waals surface area contributed by atoms with E-state index in [0.717, 1.165) is 12.8 Å². The molecule has 0 spiro atoms. The molecule has 4 nitrogen and oxygen atoms in total. The number of carbonyl (C=O) groups is 2. The zero-order valence-electron chi connectivity index (χ0n) is 11.3. The molecule has 19 heavy (non-hydrogen) atoms. The molecule has 2 rings (SSSR count). The smallest absolute Gasteiger partial charge is 0.269 e. The normalized spacial score (nSPS) is 31.1. The lowest BCUT2D eigenvalue weighted by atomic mass is 9.92. The molecule has 1 N–H and O–H groups in total. The number of halogens is 1. The Morgan fingerprint density at radius 1 is 1.47 bits per heavy atom. The van der Waals surface area contributed by atoms with Gasteiger partial charge in [-0.1, -0.05) is 24.4 Å². The van der Waals surface area contributed by atoms with E-state index in [9.17, 15) is 9.59 Å². The van der Waals surface area contributed by atoms with Crippen LogP contribution in [-0.4, -0.2) is 29.8 Å². The maximum atomic E-state index is 12.1. The quantitative estimate of drug-likeness (QED) is 0.637. The van der Waals surface area contributed by atoms with E-state index in [1.54, 1.807) is 6.08 Å². The third-order valence-electron chi connectivity index (χ3n) is 4.32. The first-order chi connectivity index (χ1) is 8.99. The number of allylic oxidation sites excluding steroid dienone is 3. The van der Waals surface area contributed by atoms with Crippen molar-refractivity contribution in [3.8, 4) is 0 Å². The Labute approximate surface area is 118 Å². The highest BCUT2D eigenvalue weighted by molar-refractivity contribution is 6.38. The Morgan fingerprint density at radius 3 is 2.68 bits per heavy atom. The molecule has 104 valence electrons. The van der Waals surface area contributed by atoms with Crippen LogP contribution in [0.4, 0.5) is 0 Å². The molecule has 1 amide bonds. The molecule has 0 aromatic rings. The molecular weight excluding hydrogens is 264 g/mol. The fourth-order valence-corrected chi connectivity index (χ4v) is 3.09. The van der Waals surface area contributed by atoms with Crippen LogP contribution in [-0.2, 0) is 9.59 Å². The molecule has 2 aliphatic rings. The summed E-state index contributed by atoms with van der Waals surface area (Å²) in [6, 6.07) is 0. The van der Waals surface area contributed by atoms with Crippen LogP contribution in [0.2, 0.25) is 0 Å². The van der Waals surface area contributed by atoms with Gasteiger partial charge in [-0.3, -0.25) is 9.59 Å². The molecule has 1 saturated carbocycles. The molecule has 1 atom stereocenters. The van der Waals surface area contributed by atoms with Crippen molar-refractivity contribution in [2.75, 3.05) is 7.05 Å². The second-order valence-electron chi connectivity index (χ2n) is 5.36. The van der Waals surface area contributed by atoms with Gasteiger partial charge in [-0.2, -0.15) is 0 Å². The van der Waals surface area contributed by atoms with Crippen molar-refractivity contribution >= 4 is 23.8 Å². The minimum absolute atomic E-state index is 0.0863. The highest BCUT2D eigenvalue weighted by Crippen LogP contribution is 2.39. The number of amides is 1. The summed E-state index contributed by atoms with van der Waals surface area (Å²) in [4.78, 5) is 24.5. The van der Waals surface area contributed by atoms with E-state index in [2.05, 4.69) is 12.2 Å². The molecule has 1 aliphatic heterocycles. The lowest BCUT2D eigenvalue weighted by Crippen LogP contribution is -2.52. The van der Waals surface area contributed by atoms with Gasteiger partial charge in [0.05, 0.1) is 5.03 Å². The Hall–Kier alpha value is -1.29. The molecule has 5 heteroatoms. The first kappa shape index (κ1) is 14.1.